The van der Waals surface area contributed by atoms with Crippen molar-refractivity contribution >= 4 is 17.3 Å². The molecule has 0 aliphatic rings. The van der Waals surface area contributed by atoms with Gasteiger partial charge in [0.25, 0.3) is 0 Å². The Bertz CT molecular complexity index is 675. The number of nitrogens with one attached hydrogen (secondary N) is 1. The summed E-state index contributed by atoms with van der Waals surface area (Å²) in [6, 6.07) is 0. The van der Waals surface area contributed by atoms with Crippen LogP contribution in [0, 0.1) is 0 Å². The van der Waals surface area contributed by atoms with Crippen molar-refractivity contribution in [3.8, 4) is 0 Å². The topological polar surface area (TPSA) is 58.3 Å². The normalized spacial score (nSPS) is 12.5. The molecule has 2 heterocycles. The lowest BCUT2D eigenvalue weighted by Gasteiger charge is -2.21. The number of rotatable bonds is 4. The lowest BCUT2D eigenvalue weighted by atomic mass is 10.3. The first kappa shape index (κ1) is 17.3. The SMILES string of the molecule is CN=C(NCc1nc(C(F)(F)F)cs1)N(C)Cc1cnn(C)c1. The number of thiazole rings is 1. The largest absolute Gasteiger partial charge is 0.434 e. The number of aliphatic imine (C=N–C) groups is 1. The summed E-state index contributed by atoms with van der Waals surface area (Å²) in [5.41, 5.74) is 0.143. The molecule has 10 heteroatoms. The Hall–Kier alpha value is -2.10. The van der Waals surface area contributed by atoms with E-state index in [4.69, 9.17) is 0 Å². The number of nitrogens with zero attached hydrogens (tertiary/aromatic N) is 5. The molecule has 0 aliphatic carbocycles. The lowest BCUT2D eigenvalue weighted by molar-refractivity contribution is -0.140. The third kappa shape index (κ3) is 4.68. The third-order valence-electron chi connectivity index (χ3n) is 2.99. The lowest BCUT2D eigenvalue weighted by Crippen LogP contribution is -2.38. The highest BCUT2D eigenvalue weighted by Gasteiger charge is 2.33. The van der Waals surface area contributed by atoms with Crippen LogP contribution in [0.5, 0.6) is 0 Å². The fourth-order valence-electron chi connectivity index (χ4n) is 1.96. The molecule has 2 aromatic rings. The van der Waals surface area contributed by atoms with Gasteiger partial charge in [0.15, 0.2) is 11.7 Å². The van der Waals surface area contributed by atoms with Gasteiger partial charge in [0, 0.05) is 44.8 Å². The Kier molecular flexibility index (Phi) is 5.24. The van der Waals surface area contributed by atoms with Crippen molar-refractivity contribution in [2.75, 3.05) is 14.1 Å². The van der Waals surface area contributed by atoms with E-state index in [1.807, 2.05) is 25.2 Å². The van der Waals surface area contributed by atoms with Crippen LogP contribution in [0.15, 0.2) is 22.8 Å². The number of aromatic nitrogens is 3. The molecule has 0 fully saturated rings. The van der Waals surface area contributed by atoms with Gasteiger partial charge in [-0.3, -0.25) is 9.67 Å². The van der Waals surface area contributed by atoms with E-state index in [9.17, 15) is 13.2 Å². The Morgan fingerprint density at radius 2 is 2.22 bits per heavy atom. The molecule has 0 saturated heterocycles. The summed E-state index contributed by atoms with van der Waals surface area (Å²) in [7, 11) is 5.29. The third-order valence-corrected chi connectivity index (χ3v) is 3.84. The van der Waals surface area contributed by atoms with E-state index in [0.29, 0.717) is 17.5 Å². The Morgan fingerprint density at radius 1 is 1.48 bits per heavy atom. The standard InChI is InChI=1S/C13H17F3N6S/c1-17-12(21(2)6-9-4-19-22(3)7-9)18-5-11-20-10(8-23-11)13(14,15)16/h4,7-8H,5-6H2,1-3H3,(H,17,18). The molecule has 0 radical (unpaired) electrons. The van der Waals surface area contributed by atoms with Gasteiger partial charge in [0.05, 0.1) is 12.7 Å². The summed E-state index contributed by atoms with van der Waals surface area (Å²) >= 11 is 0.967. The number of guanidine groups is 1. The average Bonchev–Trinajstić information content (AvgIpc) is 3.08. The summed E-state index contributed by atoms with van der Waals surface area (Å²) in [6.45, 7) is 0.768. The molecule has 0 spiro atoms. The van der Waals surface area contributed by atoms with E-state index in [1.54, 1.807) is 17.9 Å². The zero-order valence-electron chi connectivity index (χ0n) is 12.9. The van der Waals surface area contributed by atoms with Crippen LogP contribution >= 0.6 is 11.3 Å². The highest BCUT2D eigenvalue weighted by atomic mass is 32.1. The summed E-state index contributed by atoms with van der Waals surface area (Å²) < 4.78 is 39.3. The molecule has 0 unspecified atom stereocenters. The van der Waals surface area contributed by atoms with Crippen LogP contribution < -0.4 is 5.32 Å². The smallest absolute Gasteiger partial charge is 0.350 e. The monoisotopic (exact) mass is 346 g/mol. The molecular weight excluding hydrogens is 329 g/mol. The van der Waals surface area contributed by atoms with Gasteiger partial charge in [-0.1, -0.05) is 0 Å². The average molecular weight is 346 g/mol. The van der Waals surface area contributed by atoms with E-state index >= 15 is 0 Å². The van der Waals surface area contributed by atoms with Gasteiger partial charge in [-0.25, -0.2) is 4.98 Å². The zero-order valence-corrected chi connectivity index (χ0v) is 13.7. The van der Waals surface area contributed by atoms with Gasteiger partial charge in [0.2, 0.25) is 0 Å². The number of aryl methyl sites for hydroxylation is 1. The van der Waals surface area contributed by atoms with Gasteiger partial charge >= 0.3 is 6.18 Å². The Labute approximate surface area is 135 Å². The van der Waals surface area contributed by atoms with Crippen LogP contribution in [-0.2, 0) is 26.3 Å². The molecule has 0 atom stereocenters. The van der Waals surface area contributed by atoms with Crippen LogP contribution in [0.1, 0.15) is 16.3 Å². The van der Waals surface area contributed by atoms with Gasteiger partial charge in [0.1, 0.15) is 5.01 Å². The molecule has 0 bridgehead atoms. The van der Waals surface area contributed by atoms with Crippen LogP contribution in [0.3, 0.4) is 0 Å². The van der Waals surface area contributed by atoms with E-state index in [2.05, 4.69) is 20.4 Å². The predicted molar refractivity (Wildman–Crippen MR) is 82.0 cm³/mol. The molecule has 6 nitrogen and oxygen atoms in total. The van der Waals surface area contributed by atoms with Crippen molar-refractivity contribution < 1.29 is 13.2 Å². The minimum absolute atomic E-state index is 0.185. The van der Waals surface area contributed by atoms with Gasteiger partial charge in [-0.05, 0) is 0 Å². The van der Waals surface area contributed by atoms with E-state index in [-0.39, 0.29) is 6.54 Å². The Balaban J connectivity index is 1.93. The van der Waals surface area contributed by atoms with Crippen molar-refractivity contribution in [3.63, 3.8) is 0 Å². The van der Waals surface area contributed by atoms with Crippen LogP contribution in [0.4, 0.5) is 13.2 Å². The van der Waals surface area contributed by atoms with Crippen LogP contribution in [0.2, 0.25) is 0 Å². The Morgan fingerprint density at radius 3 is 2.74 bits per heavy atom. The fraction of sp³-hybridized carbons (Fsp3) is 0.462. The van der Waals surface area contributed by atoms with Crippen molar-refractivity contribution in [2.45, 2.75) is 19.3 Å². The quantitative estimate of drug-likeness (QED) is 0.680. The highest BCUT2D eigenvalue weighted by molar-refractivity contribution is 7.09. The first-order valence-electron chi connectivity index (χ1n) is 6.70. The fourth-order valence-corrected chi connectivity index (χ4v) is 2.70. The predicted octanol–water partition coefficient (Wildman–Crippen LogP) is 2.10. The molecule has 0 aliphatic heterocycles. The minimum Gasteiger partial charge on any atom is -0.350 e. The van der Waals surface area contributed by atoms with Gasteiger partial charge in [-0.2, -0.15) is 18.3 Å². The molecule has 2 rings (SSSR count). The summed E-state index contributed by atoms with van der Waals surface area (Å²) in [5.74, 6) is 0.567. The number of alkyl halides is 3. The van der Waals surface area contributed by atoms with Crippen LogP contribution in [0.25, 0.3) is 0 Å². The van der Waals surface area contributed by atoms with Crippen LogP contribution in [-0.4, -0.2) is 39.7 Å². The molecular formula is C13H17F3N6S. The maximum atomic E-state index is 12.5. The van der Waals surface area contributed by atoms with E-state index in [1.165, 1.54) is 0 Å². The maximum Gasteiger partial charge on any atom is 0.434 e. The second-order valence-corrected chi connectivity index (χ2v) is 5.85. The van der Waals surface area contributed by atoms with Crippen molar-refractivity contribution in [1.29, 1.82) is 0 Å². The summed E-state index contributed by atoms with van der Waals surface area (Å²) in [5, 5.41) is 8.46. The molecule has 0 amide bonds. The molecule has 23 heavy (non-hydrogen) atoms. The zero-order chi connectivity index (χ0) is 17.0. The summed E-state index contributed by atoms with van der Waals surface area (Å²) in [4.78, 5) is 9.56. The number of hydrogen-bond acceptors (Lipinski definition) is 4. The van der Waals surface area contributed by atoms with Crippen molar-refractivity contribution in [1.82, 2.24) is 25.0 Å². The van der Waals surface area contributed by atoms with Gasteiger partial charge < -0.3 is 10.2 Å². The summed E-state index contributed by atoms with van der Waals surface area (Å²) in [6.07, 6.45) is -0.770. The van der Waals surface area contributed by atoms with Crippen molar-refractivity contribution in [3.05, 3.63) is 34.0 Å². The second kappa shape index (κ2) is 6.99. The number of hydrogen-bond donors (Lipinski definition) is 1. The molecule has 0 saturated carbocycles. The second-order valence-electron chi connectivity index (χ2n) is 4.90. The van der Waals surface area contributed by atoms with E-state index < -0.39 is 11.9 Å². The highest BCUT2D eigenvalue weighted by Crippen LogP contribution is 2.29. The van der Waals surface area contributed by atoms with Crippen molar-refractivity contribution in [2.24, 2.45) is 12.0 Å². The molecule has 2 aromatic heterocycles. The first-order valence-corrected chi connectivity index (χ1v) is 7.58. The number of halogens is 3. The molecule has 0 aromatic carbocycles. The minimum atomic E-state index is -4.41. The first-order chi connectivity index (χ1) is 10.8. The van der Waals surface area contributed by atoms with E-state index in [0.717, 1.165) is 22.3 Å². The maximum absolute atomic E-state index is 12.5. The molecule has 1 N–H and O–H groups in total. The molecule has 126 valence electrons. The van der Waals surface area contributed by atoms with Gasteiger partial charge in [-0.15, -0.1) is 11.3 Å².